The molecule has 0 radical (unpaired) electrons. The fraction of sp³-hybridized carbons (Fsp3) is 0.625. The van der Waals surface area contributed by atoms with Gasteiger partial charge in [0.25, 0.3) is 5.69 Å². The van der Waals surface area contributed by atoms with Gasteiger partial charge < -0.3 is 5.73 Å². The predicted octanol–water partition coefficient (Wildman–Crippen LogP) is 3.68. The van der Waals surface area contributed by atoms with Crippen molar-refractivity contribution in [1.29, 1.82) is 0 Å². The number of hydrogen-bond donors (Lipinski definition) is 1. The fourth-order valence-corrected chi connectivity index (χ4v) is 3.39. The van der Waals surface area contributed by atoms with E-state index in [0.717, 1.165) is 30.7 Å². The molecule has 1 aromatic carbocycles. The standard InChI is InChI=1S/C16H24N2O2/c1-2-13-7-9-16(12-17,10-8-13)11-14-5-3-4-6-15(14)18(19)20/h3-6,13H,2,7-12,17H2,1H3. The molecule has 1 saturated carbocycles. The summed E-state index contributed by atoms with van der Waals surface area (Å²) in [5.41, 5.74) is 7.15. The first-order valence-corrected chi connectivity index (χ1v) is 7.52. The van der Waals surface area contributed by atoms with Gasteiger partial charge in [-0.25, -0.2) is 0 Å². The van der Waals surface area contributed by atoms with E-state index in [-0.39, 0.29) is 16.0 Å². The Morgan fingerprint density at radius 3 is 2.55 bits per heavy atom. The molecule has 0 unspecified atom stereocenters. The van der Waals surface area contributed by atoms with E-state index in [1.165, 1.54) is 19.3 Å². The zero-order chi connectivity index (χ0) is 14.6. The number of rotatable bonds is 5. The highest BCUT2D eigenvalue weighted by atomic mass is 16.6. The lowest BCUT2D eigenvalue weighted by molar-refractivity contribution is -0.385. The van der Waals surface area contributed by atoms with Crippen molar-refractivity contribution in [3.8, 4) is 0 Å². The van der Waals surface area contributed by atoms with Crippen molar-refractivity contribution in [3.63, 3.8) is 0 Å². The third-order valence-electron chi connectivity index (χ3n) is 4.93. The molecule has 0 bridgehead atoms. The third-order valence-corrected chi connectivity index (χ3v) is 4.93. The highest BCUT2D eigenvalue weighted by molar-refractivity contribution is 5.40. The second-order valence-corrected chi connectivity index (χ2v) is 6.12. The maximum atomic E-state index is 11.1. The predicted molar refractivity (Wildman–Crippen MR) is 80.5 cm³/mol. The molecule has 1 aliphatic carbocycles. The molecule has 0 aromatic heterocycles. The molecule has 4 nitrogen and oxygen atoms in total. The highest BCUT2D eigenvalue weighted by Crippen LogP contribution is 2.42. The van der Waals surface area contributed by atoms with Crippen molar-refractivity contribution in [2.45, 2.75) is 45.4 Å². The Labute approximate surface area is 120 Å². The van der Waals surface area contributed by atoms with Gasteiger partial charge >= 0.3 is 0 Å². The van der Waals surface area contributed by atoms with Crippen LogP contribution in [0.4, 0.5) is 5.69 Å². The lowest BCUT2D eigenvalue weighted by Gasteiger charge is -2.39. The summed E-state index contributed by atoms with van der Waals surface area (Å²) < 4.78 is 0. The van der Waals surface area contributed by atoms with Gasteiger partial charge in [0.15, 0.2) is 0 Å². The second kappa shape index (κ2) is 6.35. The minimum absolute atomic E-state index is 0.0534. The van der Waals surface area contributed by atoms with Gasteiger partial charge in [-0.3, -0.25) is 10.1 Å². The van der Waals surface area contributed by atoms with E-state index in [4.69, 9.17) is 5.73 Å². The Kier molecular flexibility index (Phi) is 4.76. The molecule has 0 amide bonds. The van der Waals surface area contributed by atoms with E-state index in [1.54, 1.807) is 12.1 Å². The topological polar surface area (TPSA) is 69.2 Å². The molecule has 0 atom stereocenters. The number of benzene rings is 1. The summed E-state index contributed by atoms with van der Waals surface area (Å²) in [6, 6.07) is 7.08. The van der Waals surface area contributed by atoms with Crippen LogP contribution >= 0.6 is 0 Å². The summed E-state index contributed by atoms with van der Waals surface area (Å²) in [7, 11) is 0. The molecular formula is C16H24N2O2. The van der Waals surface area contributed by atoms with E-state index in [1.807, 2.05) is 12.1 Å². The number of hydrogen-bond acceptors (Lipinski definition) is 3. The largest absolute Gasteiger partial charge is 0.330 e. The van der Waals surface area contributed by atoms with Gasteiger partial charge in [-0.15, -0.1) is 0 Å². The summed E-state index contributed by atoms with van der Waals surface area (Å²) in [6.07, 6.45) is 6.55. The average Bonchev–Trinajstić information content (AvgIpc) is 2.48. The van der Waals surface area contributed by atoms with E-state index >= 15 is 0 Å². The number of nitrogens with two attached hydrogens (primary N) is 1. The lowest BCUT2D eigenvalue weighted by Crippen LogP contribution is -2.37. The van der Waals surface area contributed by atoms with Crippen molar-refractivity contribution >= 4 is 5.69 Å². The van der Waals surface area contributed by atoms with Gasteiger partial charge in [0.1, 0.15) is 0 Å². The molecule has 2 rings (SSSR count). The van der Waals surface area contributed by atoms with E-state index in [2.05, 4.69) is 6.92 Å². The molecule has 1 aromatic rings. The Balaban J connectivity index is 2.17. The Hall–Kier alpha value is -1.42. The molecule has 2 N–H and O–H groups in total. The monoisotopic (exact) mass is 276 g/mol. The molecule has 1 fully saturated rings. The van der Waals surface area contributed by atoms with Crippen LogP contribution in [-0.4, -0.2) is 11.5 Å². The van der Waals surface area contributed by atoms with Crippen molar-refractivity contribution in [2.75, 3.05) is 6.54 Å². The van der Waals surface area contributed by atoms with Crippen LogP contribution in [0.15, 0.2) is 24.3 Å². The van der Waals surface area contributed by atoms with Crippen LogP contribution in [0.5, 0.6) is 0 Å². The van der Waals surface area contributed by atoms with Gasteiger partial charge in [-0.1, -0.05) is 31.5 Å². The van der Waals surface area contributed by atoms with Gasteiger partial charge in [-0.2, -0.15) is 0 Å². The van der Waals surface area contributed by atoms with Gasteiger partial charge in [0.05, 0.1) is 4.92 Å². The molecule has 0 spiro atoms. The molecule has 1 aliphatic rings. The maximum Gasteiger partial charge on any atom is 0.272 e. The first-order valence-electron chi connectivity index (χ1n) is 7.52. The Bertz CT molecular complexity index is 465. The van der Waals surface area contributed by atoms with Crippen LogP contribution < -0.4 is 5.73 Å². The summed E-state index contributed by atoms with van der Waals surface area (Å²) >= 11 is 0. The van der Waals surface area contributed by atoms with Crippen LogP contribution in [0, 0.1) is 21.4 Å². The highest BCUT2D eigenvalue weighted by Gasteiger charge is 2.35. The Morgan fingerprint density at radius 2 is 2.00 bits per heavy atom. The number of nitro groups is 1. The SMILES string of the molecule is CCC1CCC(CN)(Cc2ccccc2[N+](=O)[O-])CC1. The summed E-state index contributed by atoms with van der Waals surface area (Å²) in [5, 5.41) is 11.1. The smallest absolute Gasteiger partial charge is 0.272 e. The van der Waals surface area contributed by atoms with Crippen molar-refractivity contribution in [3.05, 3.63) is 39.9 Å². The lowest BCUT2D eigenvalue weighted by atomic mass is 9.67. The van der Waals surface area contributed by atoms with Crippen molar-refractivity contribution in [2.24, 2.45) is 17.1 Å². The zero-order valence-electron chi connectivity index (χ0n) is 12.2. The second-order valence-electron chi connectivity index (χ2n) is 6.12. The minimum atomic E-state index is -0.281. The van der Waals surface area contributed by atoms with Crippen LogP contribution in [0.1, 0.15) is 44.6 Å². The Morgan fingerprint density at radius 1 is 1.35 bits per heavy atom. The first-order chi connectivity index (χ1) is 9.60. The number of nitrogens with zero attached hydrogens (tertiary/aromatic N) is 1. The normalized spacial score (nSPS) is 26.4. The van der Waals surface area contributed by atoms with Crippen molar-refractivity contribution in [1.82, 2.24) is 0 Å². The summed E-state index contributed by atoms with van der Waals surface area (Å²) in [6.45, 7) is 2.86. The summed E-state index contributed by atoms with van der Waals surface area (Å²) in [4.78, 5) is 10.8. The molecule has 110 valence electrons. The van der Waals surface area contributed by atoms with Gasteiger partial charge in [0.2, 0.25) is 0 Å². The van der Waals surface area contributed by atoms with E-state index in [0.29, 0.717) is 6.54 Å². The van der Waals surface area contributed by atoms with Crippen molar-refractivity contribution < 1.29 is 4.92 Å². The quantitative estimate of drug-likeness (QED) is 0.658. The molecular weight excluding hydrogens is 252 g/mol. The third kappa shape index (κ3) is 3.18. The molecule has 0 aliphatic heterocycles. The van der Waals surface area contributed by atoms with Gasteiger partial charge in [0, 0.05) is 11.6 Å². The van der Waals surface area contributed by atoms with Crippen LogP contribution in [-0.2, 0) is 6.42 Å². The van der Waals surface area contributed by atoms with Crippen LogP contribution in [0.2, 0.25) is 0 Å². The summed E-state index contributed by atoms with van der Waals surface area (Å²) in [5.74, 6) is 0.806. The zero-order valence-corrected chi connectivity index (χ0v) is 12.2. The number of para-hydroxylation sites is 1. The first kappa shape index (κ1) is 15.0. The minimum Gasteiger partial charge on any atom is -0.330 e. The molecule has 4 heteroatoms. The van der Waals surface area contributed by atoms with Crippen LogP contribution in [0.25, 0.3) is 0 Å². The molecule has 20 heavy (non-hydrogen) atoms. The van der Waals surface area contributed by atoms with E-state index in [9.17, 15) is 10.1 Å². The molecule has 0 heterocycles. The van der Waals surface area contributed by atoms with Gasteiger partial charge in [-0.05, 0) is 50.0 Å². The van der Waals surface area contributed by atoms with Crippen LogP contribution in [0.3, 0.4) is 0 Å². The number of nitro benzene ring substituents is 1. The fourth-order valence-electron chi connectivity index (χ4n) is 3.39. The average molecular weight is 276 g/mol. The van der Waals surface area contributed by atoms with E-state index < -0.39 is 0 Å². The maximum absolute atomic E-state index is 11.1. The molecule has 0 saturated heterocycles.